The highest BCUT2D eigenvalue weighted by Crippen LogP contribution is 2.46. The molecule has 1 aromatic heterocycles. The number of carbonyl (C=O) groups excluding carboxylic acids is 1. The topological polar surface area (TPSA) is 60.7 Å². The van der Waals surface area contributed by atoms with Crippen LogP contribution >= 0.6 is 0 Å². The van der Waals surface area contributed by atoms with Gasteiger partial charge in [-0.15, -0.1) is 0 Å². The van der Waals surface area contributed by atoms with Crippen molar-refractivity contribution in [1.82, 2.24) is 4.57 Å². The molecule has 1 aliphatic carbocycles. The van der Waals surface area contributed by atoms with Gasteiger partial charge in [0.25, 0.3) is 0 Å². The average molecular weight is 405 g/mol. The Balaban J connectivity index is 1.83. The number of aromatic nitrogens is 1. The van der Waals surface area contributed by atoms with Crippen LogP contribution in [0.4, 0.5) is 0 Å². The molecule has 2 aliphatic rings. The third-order valence-corrected chi connectivity index (χ3v) is 6.50. The number of methoxy groups -OCH3 is 1. The minimum Gasteiger partial charge on any atom is -0.490 e. The van der Waals surface area contributed by atoms with Crippen LogP contribution in [-0.4, -0.2) is 35.5 Å². The first-order valence-electron chi connectivity index (χ1n) is 10.8. The number of para-hydroxylation sites is 1. The van der Waals surface area contributed by atoms with Crippen LogP contribution in [0.1, 0.15) is 53.9 Å². The fourth-order valence-corrected chi connectivity index (χ4v) is 5.14. The van der Waals surface area contributed by atoms with Crippen molar-refractivity contribution in [3.8, 4) is 17.0 Å². The first-order chi connectivity index (χ1) is 14.7. The first kappa shape index (κ1) is 19.2. The van der Waals surface area contributed by atoms with Crippen molar-refractivity contribution in [2.24, 2.45) is 0 Å². The molecule has 0 spiro atoms. The van der Waals surface area contributed by atoms with E-state index in [0.717, 1.165) is 40.8 Å². The van der Waals surface area contributed by atoms with Crippen LogP contribution in [0, 0.1) is 0 Å². The Morgan fingerprint density at radius 1 is 1.13 bits per heavy atom. The van der Waals surface area contributed by atoms with Crippen molar-refractivity contribution in [2.45, 2.75) is 50.7 Å². The van der Waals surface area contributed by atoms with E-state index >= 15 is 0 Å². The number of rotatable bonds is 2. The predicted octanol–water partition coefficient (Wildman–Crippen LogP) is 4.90. The van der Waals surface area contributed by atoms with Gasteiger partial charge in [-0.3, -0.25) is 0 Å². The van der Waals surface area contributed by atoms with Gasteiger partial charge < -0.3 is 19.1 Å². The number of hydrogen-bond acceptors (Lipinski definition) is 4. The lowest BCUT2D eigenvalue weighted by molar-refractivity contribution is 0.0601. The smallest absolute Gasteiger partial charge is 0.337 e. The van der Waals surface area contributed by atoms with E-state index in [9.17, 15) is 9.90 Å². The minimum atomic E-state index is -0.631. The van der Waals surface area contributed by atoms with Crippen LogP contribution in [0.15, 0.2) is 42.5 Å². The zero-order valence-electron chi connectivity index (χ0n) is 17.3. The van der Waals surface area contributed by atoms with Crippen LogP contribution < -0.4 is 4.74 Å². The van der Waals surface area contributed by atoms with Gasteiger partial charge in [0, 0.05) is 16.5 Å². The second-order valence-corrected chi connectivity index (χ2v) is 8.39. The van der Waals surface area contributed by atoms with E-state index in [2.05, 4.69) is 16.7 Å². The van der Waals surface area contributed by atoms with E-state index in [1.807, 2.05) is 30.3 Å². The summed E-state index contributed by atoms with van der Waals surface area (Å²) >= 11 is 0. The van der Waals surface area contributed by atoms with E-state index < -0.39 is 6.10 Å². The molecule has 3 aromatic rings. The molecule has 1 aliphatic heterocycles. The lowest BCUT2D eigenvalue weighted by Crippen LogP contribution is -2.26. The summed E-state index contributed by atoms with van der Waals surface area (Å²) < 4.78 is 13.1. The molecule has 0 amide bonds. The molecular formula is C25H27NO4. The van der Waals surface area contributed by atoms with Crippen molar-refractivity contribution in [2.75, 3.05) is 13.7 Å². The molecule has 5 rings (SSSR count). The summed E-state index contributed by atoms with van der Waals surface area (Å²) in [6, 6.07) is 13.9. The van der Waals surface area contributed by atoms with Crippen LogP contribution in [0.5, 0.6) is 5.75 Å². The largest absolute Gasteiger partial charge is 0.490 e. The lowest BCUT2D eigenvalue weighted by Gasteiger charge is -2.26. The Labute approximate surface area is 176 Å². The molecule has 5 heteroatoms. The number of ether oxygens (including phenoxy) is 2. The maximum absolute atomic E-state index is 12.2. The van der Waals surface area contributed by atoms with Gasteiger partial charge in [0.05, 0.1) is 24.9 Å². The molecule has 30 heavy (non-hydrogen) atoms. The number of esters is 1. The fourth-order valence-electron chi connectivity index (χ4n) is 5.14. The Kier molecular flexibility index (Phi) is 4.99. The summed E-state index contributed by atoms with van der Waals surface area (Å²) in [5.41, 5.74) is 5.01. The van der Waals surface area contributed by atoms with E-state index in [-0.39, 0.29) is 12.6 Å². The van der Waals surface area contributed by atoms with Gasteiger partial charge in [-0.1, -0.05) is 37.5 Å². The Morgan fingerprint density at radius 2 is 1.93 bits per heavy atom. The zero-order valence-corrected chi connectivity index (χ0v) is 17.3. The highest BCUT2D eigenvalue weighted by molar-refractivity contribution is 5.99. The molecule has 0 saturated heterocycles. The Morgan fingerprint density at radius 3 is 2.73 bits per heavy atom. The molecular weight excluding hydrogens is 378 g/mol. The van der Waals surface area contributed by atoms with Crippen molar-refractivity contribution in [1.29, 1.82) is 0 Å². The van der Waals surface area contributed by atoms with Gasteiger partial charge in [0.15, 0.2) is 0 Å². The number of aliphatic hydroxyl groups is 1. The third kappa shape index (κ3) is 3.18. The molecule has 2 heterocycles. The van der Waals surface area contributed by atoms with Crippen molar-refractivity contribution >= 4 is 16.9 Å². The van der Waals surface area contributed by atoms with E-state index in [1.54, 1.807) is 0 Å². The maximum Gasteiger partial charge on any atom is 0.337 e. The fraction of sp³-hybridized carbons (Fsp3) is 0.400. The third-order valence-electron chi connectivity index (χ3n) is 6.50. The van der Waals surface area contributed by atoms with Crippen molar-refractivity contribution in [3.05, 3.63) is 53.6 Å². The number of hydrogen-bond donors (Lipinski definition) is 1. The van der Waals surface area contributed by atoms with E-state index in [1.165, 1.54) is 31.9 Å². The summed E-state index contributed by atoms with van der Waals surface area (Å²) in [5.74, 6) is 0.915. The highest BCUT2D eigenvalue weighted by Gasteiger charge is 2.30. The lowest BCUT2D eigenvalue weighted by atomic mass is 9.81. The summed E-state index contributed by atoms with van der Waals surface area (Å²) in [4.78, 5) is 12.2. The van der Waals surface area contributed by atoms with Gasteiger partial charge in [0.1, 0.15) is 18.5 Å². The number of benzene rings is 2. The number of fused-ring (bicyclic) bond motifs is 5. The SMILES string of the molecule is COC(=O)c1ccc2c(C3CCCCC3)c3n(c2c1)C[C@@H](O)COc1ccccc1-3. The molecule has 0 bridgehead atoms. The zero-order chi connectivity index (χ0) is 20.7. The van der Waals surface area contributed by atoms with Gasteiger partial charge in [-0.25, -0.2) is 4.79 Å². The Bertz CT molecular complexity index is 1090. The van der Waals surface area contributed by atoms with Crippen LogP contribution in [0.25, 0.3) is 22.2 Å². The van der Waals surface area contributed by atoms with Gasteiger partial charge in [0.2, 0.25) is 0 Å². The standard InChI is InChI=1S/C25H27NO4/c1-29-25(28)17-11-12-19-21(13-17)26-14-18(27)15-30-22-10-6-5-9-20(22)24(26)23(19)16-7-3-2-4-8-16/h5-6,9-13,16,18,27H,2-4,7-8,14-15H2,1H3/t18-/m1/s1. The molecule has 0 radical (unpaired) electrons. The van der Waals surface area contributed by atoms with E-state index in [0.29, 0.717) is 18.0 Å². The summed E-state index contributed by atoms with van der Waals surface area (Å²) in [7, 11) is 1.40. The molecule has 1 fully saturated rings. The molecule has 0 unspecified atom stereocenters. The second-order valence-electron chi connectivity index (χ2n) is 8.39. The van der Waals surface area contributed by atoms with Crippen LogP contribution in [0.3, 0.4) is 0 Å². The minimum absolute atomic E-state index is 0.242. The molecule has 156 valence electrons. The molecule has 5 nitrogen and oxygen atoms in total. The monoisotopic (exact) mass is 405 g/mol. The summed E-state index contributed by atoms with van der Waals surface area (Å²) in [6.07, 6.45) is 5.45. The number of carbonyl (C=O) groups is 1. The highest BCUT2D eigenvalue weighted by atomic mass is 16.5. The quantitative estimate of drug-likeness (QED) is 0.617. The average Bonchev–Trinajstić information content (AvgIpc) is 3.09. The van der Waals surface area contributed by atoms with E-state index in [4.69, 9.17) is 9.47 Å². The van der Waals surface area contributed by atoms with Crippen LogP contribution in [0.2, 0.25) is 0 Å². The predicted molar refractivity (Wildman–Crippen MR) is 116 cm³/mol. The van der Waals surface area contributed by atoms with Crippen LogP contribution in [-0.2, 0) is 11.3 Å². The molecule has 1 saturated carbocycles. The van der Waals surface area contributed by atoms with Crippen molar-refractivity contribution in [3.63, 3.8) is 0 Å². The second kappa shape index (κ2) is 7.80. The molecule has 1 atom stereocenters. The first-order valence-corrected chi connectivity index (χ1v) is 10.8. The molecule has 2 aromatic carbocycles. The summed E-state index contributed by atoms with van der Waals surface area (Å²) in [5, 5.41) is 11.8. The Hall–Kier alpha value is -2.79. The number of nitrogens with zero attached hydrogens (tertiary/aromatic N) is 1. The van der Waals surface area contributed by atoms with Crippen molar-refractivity contribution < 1.29 is 19.4 Å². The molecule has 1 N–H and O–H groups in total. The number of aliphatic hydroxyl groups excluding tert-OH is 1. The normalized spacial score (nSPS) is 19.3. The summed E-state index contributed by atoms with van der Waals surface area (Å²) in [6.45, 7) is 0.670. The van der Waals surface area contributed by atoms with Gasteiger partial charge in [-0.2, -0.15) is 0 Å². The van der Waals surface area contributed by atoms with Gasteiger partial charge in [-0.05, 0) is 48.6 Å². The van der Waals surface area contributed by atoms with Gasteiger partial charge >= 0.3 is 5.97 Å². The maximum atomic E-state index is 12.2.